The Morgan fingerprint density at radius 1 is 1.17 bits per heavy atom. The molecule has 0 aliphatic heterocycles. The summed E-state index contributed by atoms with van der Waals surface area (Å²) < 4.78 is 0. The number of amides is 1. The van der Waals surface area contributed by atoms with E-state index in [0.717, 1.165) is 0 Å². The lowest BCUT2D eigenvalue weighted by molar-refractivity contribution is -0.123. The Kier molecular flexibility index (Phi) is 4.52. The maximum absolute atomic E-state index is 11.8. The highest BCUT2D eigenvalue weighted by Gasteiger charge is 2.21. The molecule has 0 unspecified atom stereocenters. The SMILES string of the molecule is C[C@H](Cl)C(=O)c1ccc(NC(=O)C(C)(C)C)cc1. The largest absolute Gasteiger partial charge is 0.326 e. The van der Waals surface area contributed by atoms with Crippen molar-refractivity contribution in [2.24, 2.45) is 5.41 Å². The van der Waals surface area contributed by atoms with E-state index in [1.54, 1.807) is 31.2 Å². The van der Waals surface area contributed by atoms with E-state index in [9.17, 15) is 9.59 Å². The average molecular weight is 268 g/mol. The van der Waals surface area contributed by atoms with Gasteiger partial charge in [0.1, 0.15) is 0 Å². The van der Waals surface area contributed by atoms with Crippen LogP contribution in [-0.4, -0.2) is 17.1 Å². The zero-order valence-electron chi connectivity index (χ0n) is 11.1. The van der Waals surface area contributed by atoms with Gasteiger partial charge in [0.2, 0.25) is 5.91 Å². The van der Waals surface area contributed by atoms with Gasteiger partial charge in [-0.1, -0.05) is 20.8 Å². The third-order valence-electron chi connectivity index (χ3n) is 2.47. The number of nitrogens with one attached hydrogen (secondary N) is 1. The molecule has 0 saturated heterocycles. The fourth-order valence-electron chi connectivity index (χ4n) is 1.27. The molecule has 0 aliphatic carbocycles. The van der Waals surface area contributed by atoms with Crippen LogP contribution in [0.4, 0.5) is 5.69 Å². The molecule has 18 heavy (non-hydrogen) atoms. The molecule has 1 N–H and O–H groups in total. The minimum absolute atomic E-state index is 0.0627. The quantitative estimate of drug-likeness (QED) is 0.673. The van der Waals surface area contributed by atoms with Crippen LogP contribution in [0.2, 0.25) is 0 Å². The molecule has 0 aromatic heterocycles. The van der Waals surface area contributed by atoms with Gasteiger partial charge in [0.15, 0.2) is 5.78 Å². The number of Topliss-reactive ketones (excluding diaryl/α,β-unsaturated/α-hetero) is 1. The number of alkyl halides is 1. The number of ketones is 1. The lowest BCUT2D eigenvalue weighted by Crippen LogP contribution is -2.27. The van der Waals surface area contributed by atoms with E-state index in [4.69, 9.17) is 11.6 Å². The molecule has 1 amide bonds. The Balaban J connectivity index is 2.78. The van der Waals surface area contributed by atoms with Crippen LogP contribution in [0.25, 0.3) is 0 Å². The molecule has 0 aliphatic rings. The molecule has 0 fully saturated rings. The standard InChI is InChI=1S/C14H18ClNO2/c1-9(15)12(17)10-5-7-11(8-6-10)16-13(18)14(2,3)4/h5-9H,1-4H3,(H,16,18)/t9-/m0/s1. The number of hydrogen-bond acceptors (Lipinski definition) is 2. The van der Waals surface area contributed by atoms with Crippen molar-refractivity contribution in [1.29, 1.82) is 0 Å². The van der Waals surface area contributed by atoms with Crippen LogP contribution >= 0.6 is 11.6 Å². The number of halogens is 1. The molecule has 3 nitrogen and oxygen atoms in total. The normalized spacial score (nSPS) is 12.9. The first-order valence-electron chi connectivity index (χ1n) is 5.81. The highest BCUT2D eigenvalue weighted by Crippen LogP contribution is 2.18. The van der Waals surface area contributed by atoms with E-state index in [2.05, 4.69) is 5.32 Å². The first-order chi connectivity index (χ1) is 8.21. The molecule has 0 heterocycles. The molecular weight excluding hydrogens is 250 g/mol. The van der Waals surface area contributed by atoms with Crippen molar-refractivity contribution in [2.45, 2.75) is 33.1 Å². The molecule has 0 spiro atoms. The van der Waals surface area contributed by atoms with Crippen molar-refractivity contribution in [3.8, 4) is 0 Å². The van der Waals surface area contributed by atoms with Gasteiger partial charge in [-0.05, 0) is 31.2 Å². The molecule has 98 valence electrons. The van der Waals surface area contributed by atoms with E-state index < -0.39 is 10.8 Å². The highest BCUT2D eigenvalue weighted by molar-refractivity contribution is 6.33. The van der Waals surface area contributed by atoms with Crippen LogP contribution in [0.1, 0.15) is 38.1 Å². The van der Waals surface area contributed by atoms with Gasteiger partial charge in [0.25, 0.3) is 0 Å². The number of carbonyl (C=O) groups excluding carboxylic acids is 2. The molecule has 1 aromatic rings. The summed E-state index contributed by atoms with van der Waals surface area (Å²) in [5, 5.41) is 2.25. The second-order valence-corrected chi connectivity index (χ2v) is 5.92. The Morgan fingerprint density at radius 2 is 1.67 bits per heavy atom. The van der Waals surface area contributed by atoms with E-state index in [-0.39, 0.29) is 11.7 Å². The number of rotatable bonds is 3. The zero-order valence-corrected chi connectivity index (χ0v) is 11.8. The fourth-order valence-corrected chi connectivity index (χ4v) is 1.39. The summed E-state index contributed by atoms with van der Waals surface area (Å²) in [4.78, 5) is 23.4. The van der Waals surface area contributed by atoms with E-state index in [0.29, 0.717) is 11.3 Å². The molecule has 4 heteroatoms. The molecule has 1 rings (SSSR count). The molecule has 0 bridgehead atoms. The predicted molar refractivity (Wildman–Crippen MR) is 74.2 cm³/mol. The summed E-state index contributed by atoms with van der Waals surface area (Å²) in [6.07, 6.45) is 0. The third kappa shape index (κ3) is 3.84. The topological polar surface area (TPSA) is 46.2 Å². The van der Waals surface area contributed by atoms with Gasteiger partial charge in [-0.25, -0.2) is 0 Å². The van der Waals surface area contributed by atoms with Crippen LogP contribution in [0.3, 0.4) is 0 Å². The summed E-state index contributed by atoms with van der Waals surface area (Å²) in [7, 11) is 0. The minimum Gasteiger partial charge on any atom is -0.326 e. The van der Waals surface area contributed by atoms with Crippen molar-refractivity contribution in [3.63, 3.8) is 0 Å². The van der Waals surface area contributed by atoms with Gasteiger partial charge in [-0.2, -0.15) is 0 Å². The second-order valence-electron chi connectivity index (χ2n) is 5.26. The van der Waals surface area contributed by atoms with Gasteiger partial charge in [0.05, 0.1) is 5.38 Å². The number of anilines is 1. The van der Waals surface area contributed by atoms with Crippen LogP contribution in [0, 0.1) is 5.41 Å². The van der Waals surface area contributed by atoms with Crippen LogP contribution < -0.4 is 5.32 Å². The average Bonchev–Trinajstić information content (AvgIpc) is 2.27. The maximum Gasteiger partial charge on any atom is 0.229 e. The Morgan fingerprint density at radius 3 is 2.06 bits per heavy atom. The first kappa shape index (κ1) is 14.7. The Labute approximate surface area is 113 Å². The van der Waals surface area contributed by atoms with Crippen LogP contribution in [0.5, 0.6) is 0 Å². The monoisotopic (exact) mass is 267 g/mol. The highest BCUT2D eigenvalue weighted by atomic mass is 35.5. The van der Waals surface area contributed by atoms with Gasteiger partial charge in [-0.3, -0.25) is 9.59 Å². The maximum atomic E-state index is 11.8. The first-order valence-corrected chi connectivity index (χ1v) is 6.25. The van der Waals surface area contributed by atoms with E-state index in [1.807, 2.05) is 20.8 Å². The van der Waals surface area contributed by atoms with Crippen molar-refractivity contribution in [1.82, 2.24) is 0 Å². The van der Waals surface area contributed by atoms with Crippen LogP contribution in [0.15, 0.2) is 24.3 Å². The minimum atomic E-state index is -0.542. The second kappa shape index (κ2) is 5.53. The smallest absolute Gasteiger partial charge is 0.229 e. The van der Waals surface area contributed by atoms with Crippen molar-refractivity contribution >= 4 is 29.0 Å². The molecular formula is C14H18ClNO2. The Hall–Kier alpha value is -1.35. The summed E-state index contributed by atoms with van der Waals surface area (Å²) >= 11 is 5.73. The van der Waals surface area contributed by atoms with Gasteiger partial charge in [0, 0.05) is 16.7 Å². The van der Waals surface area contributed by atoms with Crippen molar-refractivity contribution in [3.05, 3.63) is 29.8 Å². The predicted octanol–water partition coefficient (Wildman–Crippen LogP) is 3.48. The number of hydrogen-bond donors (Lipinski definition) is 1. The third-order valence-corrected chi connectivity index (χ3v) is 2.67. The zero-order chi connectivity index (χ0) is 13.9. The lowest BCUT2D eigenvalue weighted by atomic mass is 9.95. The fraction of sp³-hybridized carbons (Fsp3) is 0.429. The summed E-state index contributed by atoms with van der Waals surface area (Å²) in [5.74, 6) is -0.183. The Bertz CT molecular complexity index is 444. The van der Waals surface area contributed by atoms with E-state index >= 15 is 0 Å². The molecule has 1 aromatic carbocycles. The molecule has 0 saturated carbocycles. The number of benzene rings is 1. The van der Waals surface area contributed by atoms with Crippen molar-refractivity contribution in [2.75, 3.05) is 5.32 Å². The lowest BCUT2D eigenvalue weighted by Gasteiger charge is -2.17. The van der Waals surface area contributed by atoms with Crippen LogP contribution in [-0.2, 0) is 4.79 Å². The van der Waals surface area contributed by atoms with Crippen molar-refractivity contribution < 1.29 is 9.59 Å². The van der Waals surface area contributed by atoms with Gasteiger partial charge < -0.3 is 5.32 Å². The van der Waals surface area contributed by atoms with E-state index in [1.165, 1.54) is 0 Å². The molecule has 0 radical (unpaired) electrons. The number of carbonyl (C=O) groups is 2. The van der Waals surface area contributed by atoms with Gasteiger partial charge in [-0.15, -0.1) is 11.6 Å². The van der Waals surface area contributed by atoms with Gasteiger partial charge >= 0.3 is 0 Å². The summed E-state index contributed by atoms with van der Waals surface area (Å²) in [6.45, 7) is 7.17. The summed E-state index contributed by atoms with van der Waals surface area (Å²) in [6, 6.07) is 6.74. The molecule has 1 atom stereocenters. The summed E-state index contributed by atoms with van der Waals surface area (Å²) in [5.41, 5.74) is 0.777.